The molecule has 1 saturated heterocycles. The minimum atomic E-state index is -0.811. The van der Waals surface area contributed by atoms with E-state index in [0.29, 0.717) is 16.8 Å². The van der Waals surface area contributed by atoms with Gasteiger partial charge in [-0.25, -0.2) is 9.69 Å². The third-order valence-corrected chi connectivity index (χ3v) is 5.44. The second kappa shape index (κ2) is 7.84. The van der Waals surface area contributed by atoms with Crippen molar-refractivity contribution in [2.75, 3.05) is 4.90 Å². The summed E-state index contributed by atoms with van der Waals surface area (Å²) in [4.78, 5) is 50.5. The molecule has 3 aromatic rings. The highest BCUT2D eigenvalue weighted by atomic mass is 79.9. The van der Waals surface area contributed by atoms with Gasteiger partial charge in [-0.1, -0.05) is 34.1 Å². The van der Waals surface area contributed by atoms with Crippen LogP contribution < -0.4 is 16.0 Å². The van der Waals surface area contributed by atoms with Crippen molar-refractivity contribution in [1.29, 1.82) is 0 Å². The number of aromatic nitrogens is 1. The summed E-state index contributed by atoms with van der Waals surface area (Å²) < 4.78 is 2.45. The lowest BCUT2D eigenvalue weighted by molar-refractivity contribution is -0.122. The summed E-state index contributed by atoms with van der Waals surface area (Å²) in [6.45, 7) is 1.71. The van der Waals surface area contributed by atoms with E-state index in [1.165, 1.54) is 6.08 Å². The van der Waals surface area contributed by atoms with E-state index in [9.17, 15) is 19.2 Å². The Morgan fingerprint density at radius 1 is 1.16 bits per heavy atom. The first-order valence-electron chi connectivity index (χ1n) is 9.30. The number of hydrogen-bond donors (Lipinski definition) is 2. The van der Waals surface area contributed by atoms with E-state index >= 15 is 0 Å². The molecule has 156 valence electrons. The van der Waals surface area contributed by atoms with Crippen LogP contribution in [0.25, 0.3) is 17.0 Å². The molecule has 8 nitrogen and oxygen atoms in total. The fraction of sp³-hybridized carbons (Fsp3) is 0.0909. The van der Waals surface area contributed by atoms with E-state index in [4.69, 9.17) is 5.73 Å². The van der Waals surface area contributed by atoms with Gasteiger partial charge in [-0.2, -0.15) is 0 Å². The van der Waals surface area contributed by atoms with Crippen LogP contribution in [0, 0.1) is 6.92 Å². The van der Waals surface area contributed by atoms with Gasteiger partial charge in [0, 0.05) is 27.1 Å². The van der Waals surface area contributed by atoms with E-state index in [1.54, 1.807) is 35.9 Å². The van der Waals surface area contributed by atoms with Crippen LogP contribution >= 0.6 is 15.9 Å². The van der Waals surface area contributed by atoms with Crippen molar-refractivity contribution < 1.29 is 19.2 Å². The van der Waals surface area contributed by atoms with Crippen LogP contribution in [0.15, 0.2) is 58.7 Å². The van der Waals surface area contributed by atoms with Gasteiger partial charge in [0.1, 0.15) is 12.1 Å². The number of carbonyl (C=O) groups is 4. The van der Waals surface area contributed by atoms with Gasteiger partial charge in [0.2, 0.25) is 5.91 Å². The van der Waals surface area contributed by atoms with Crippen LogP contribution in [-0.4, -0.2) is 28.3 Å². The lowest BCUT2D eigenvalue weighted by Crippen LogP contribution is -2.54. The first-order chi connectivity index (χ1) is 14.8. The Labute approximate surface area is 185 Å². The zero-order chi connectivity index (χ0) is 22.3. The molecule has 1 aliphatic rings. The SMILES string of the molecule is Cc1cc(Br)ccc1N1C(=O)NC(=O)/C(=C\c2cn(CC(N)=O)c3ccccc23)C1=O. The largest absolute Gasteiger partial charge is 0.368 e. The molecule has 0 spiro atoms. The normalized spacial score (nSPS) is 15.6. The number of primary amides is 1. The van der Waals surface area contributed by atoms with Gasteiger partial charge in [0.25, 0.3) is 11.8 Å². The van der Waals surface area contributed by atoms with Crippen molar-refractivity contribution in [3.05, 3.63) is 69.8 Å². The average Bonchev–Trinajstić information content (AvgIpc) is 3.03. The molecule has 3 N–H and O–H groups in total. The standard InChI is InChI=1S/C22H17BrN4O4/c1-12-8-14(23)6-7-17(12)27-21(30)16(20(29)25-22(27)31)9-13-10-26(11-19(24)28)18-5-3-2-4-15(13)18/h2-10H,11H2,1H3,(H2,24,28)(H,25,29,31)/b16-9+. The van der Waals surface area contributed by atoms with Gasteiger partial charge in [-0.05, 0) is 42.8 Å². The fourth-order valence-corrected chi connectivity index (χ4v) is 4.07. The van der Waals surface area contributed by atoms with Crippen LogP contribution in [0.4, 0.5) is 10.5 Å². The maximum atomic E-state index is 13.2. The molecule has 9 heteroatoms. The molecule has 0 atom stereocenters. The quantitative estimate of drug-likeness (QED) is 0.441. The number of imide groups is 2. The molecule has 31 heavy (non-hydrogen) atoms. The number of anilines is 1. The summed E-state index contributed by atoms with van der Waals surface area (Å²) in [5, 5.41) is 2.96. The van der Waals surface area contributed by atoms with Crippen molar-refractivity contribution in [3.63, 3.8) is 0 Å². The van der Waals surface area contributed by atoms with Crippen LogP contribution in [0.1, 0.15) is 11.1 Å². The van der Waals surface area contributed by atoms with E-state index in [2.05, 4.69) is 21.2 Å². The molecule has 0 aliphatic carbocycles. The van der Waals surface area contributed by atoms with Crippen molar-refractivity contribution >= 4 is 62.3 Å². The first kappa shape index (κ1) is 20.5. The predicted molar refractivity (Wildman–Crippen MR) is 119 cm³/mol. The lowest BCUT2D eigenvalue weighted by atomic mass is 10.1. The van der Waals surface area contributed by atoms with Gasteiger partial charge < -0.3 is 10.3 Å². The third-order valence-electron chi connectivity index (χ3n) is 4.95. The third kappa shape index (κ3) is 3.75. The molecule has 1 fully saturated rings. The van der Waals surface area contributed by atoms with Gasteiger partial charge in [0.05, 0.1) is 5.69 Å². The number of para-hydroxylation sites is 1. The average molecular weight is 481 g/mol. The highest BCUT2D eigenvalue weighted by Gasteiger charge is 2.37. The Morgan fingerprint density at radius 2 is 1.90 bits per heavy atom. The number of carbonyl (C=O) groups excluding carboxylic acids is 4. The van der Waals surface area contributed by atoms with Crippen molar-refractivity contribution in [2.45, 2.75) is 13.5 Å². The molecule has 1 aliphatic heterocycles. The molecule has 0 unspecified atom stereocenters. The topological polar surface area (TPSA) is 114 Å². The van der Waals surface area contributed by atoms with Gasteiger partial charge in [-0.15, -0.1) is 0 Å². The summed E-state index contributed by atoms with van der Waals surface area (Å²) in [6.07, 6.45) is 3.07. The van der Waals surface area contributed by atoms with Gasteiger partial charge in [-0.3, -0.25) is 19.7 Å². The van der Waals surface area contributed by atoms with Crippen LogP contribution in [0.5, 0.6) is 0 Å². The van der Waals surface area contributed by atoms with Crippen LogP contribution in [-0.2, 0) is 20.9 Å². The molecule has 0 saturated carbocycles. The molecule has 4 rings (SSSR count). The number of aryl methyl sites for hydroxylation is 1. The Morgan fingerprint density at radius 3 is 2.61 bits per heavy atom. The highest BCUT2D eigenvalue weighted by Crippen LogP contribution is 2.29. The number of fused-ring (bicyclic) bond motifs is 1. The Balaban J connectivity index is 1.82. The Hall–Kier alpha value is -3.72. The van der Waals surface area contributed by atoms with Gasteiger partial charge in [0.15, 0.2) is 0 Å². The summed E-state index contributed by atoms with van der Waals surface area (Å²) >= 11 is 3.35. The summed E-state index contributed by atoms with van der Waals surface area (Å²) in [7, 11) is 0. The maximum Gasteiger partial charge on any atom is 0.335 e. The van der Waals surface area contributed by atoms with E-state index in [0.717, 1.165) is 20.3 Å². The second-order valence-corrected chi connectivity index (χ2v) is 8.00. The van der Waals surface area contributed by atoms with Crippen LogP contribution in [0.2, 0.25) is 0 Å². The highest BCUT2D eigenvalue weighted by molar-refractivity contribution is 9.10. The Kier molecular flexibility index (Phi) is 5.20. The minimum absolute atomic E-state index is 0.0491. The zero-order valence-electron chi connectivity index (χ0n) is 16.4. The number of hydrogen-bond acceptors (Lipinski definition) is 4. The number of amides is 5. The van der Waals surface area contributed by atoms with E-state index in [-0.39, 0.29) is 12.1 Å². The Bertz CT molecular complexity index is 1310. The number of nitrogens with two attached hydrogens (primary N) is 1. The number of nitrogens with zero attached hydrogens (tertiary/aromatic N) is 2. The molecule has 0 bridgehead atoms. The van der Waals surface area contributed by atoms with Crippen molar-refractivity contribution in [1.82, 2.24) is 9.88 Å². The maximum absolute atomic E-state index is 13.2. The predicted octanol–water partition coefficient (Wildman–Crippen LogP) is 2.86. The fourth-order valence-electron chi connectivity index (χ4n) is 3.59. The molecular weight excluding hydrogens is 464 g/mol. The lowest BCUT2D eigenvalue weighted by Gasteiger charge is -2.27. The number of barbiturate groups is 1. The van der Waals surface area contributed by atoms with Crippen LogP contribution in [0.3, 0.4) is 0 Å². The number of rotatable bonds is 4. The number of benzene rings is 2. The molecule has 1 aromatic heterocycles. The summed E-state index contributed by atoms with van der Waals surface area (Å²) in [5.41, 5.74) is 7.49. The molecule has 2 heterocycles. The summed E-state index contributed by atoms with van der Waals surface area (Å²) in [6, 6.07) is 11.5. The number of urea groups is 1. The molecule has 0 radical (unpaired) electrons. The number of halogens is 1. The first-order valence-corrected chi connectivity index (χ1v) is 10.1. The van der Waals surface area contributed by atoms with Crippen molar-refractivity contribution in [3.8, 4) is 0 Å². The second-order valence-electron chi connectivity index (χ2n) is 7.08. The van der Waals surface area contributed by atoms with Gasteiger partial charge >= 0.3 is 6.03 Å². The number of nitrogens with one attached hydrogen (secondary N) is 1. The van der Waals surface area contributed by atoms with E-state index < -0.39 is 23.8 Å². The zero-order valence-corrected chi connectivity index (χ0v) is 18.0. The van der Waals surface area contributed by atoms with Crippen molar-refractivity contribution in [2.24, 2.45) is 5.73 Å². The van der Waals surface area contributed by atoms with E-state index in [1.807, 2.05) is 24.3 Å². The smallest absolute Gasteiger partial charge is 0.335 e. The summed E-state index contributed by atoms with van der Waals surface area (Å²) in [5.74, 6) is -2.03. The monoisotopic (exact) mass is 480 g/mol. The molecule has 2 aromatic carbocycles. The molecular formula is C22H17BrN4O4. The minimum Gasteiger partial charge on any atom is -0.368 e. The molecule has 5 amide bonds.